The van der Waals surface area contributed by atoms with E-state index in [9.17, 15) is 9.90 Å². The van der Waals surface area contributed by atoms with Crippen LogP contribution >= 0.6 is 27.5 Å². The number of aliphatic hydroxyl groups is 1. The smallest absolute Gasteiger partial charge is 0.188 e. The number of imidazole rings is 1. The summed E-state index contributed by atoms with van der Waals surface area (Å²) < 4.78 is 24.2. The molecule has 35 heavy (non-hydrogen) atoms. The van der Waals surface area contributed by atoms with Crippen molar-refractivity contribution in [3.8, 4) is 0 Å². The van der Waals surface area contributed by atoms with Gasteiger partial charge in [0.05, 0.1) is 24.6 Å². The van der Waals surface area contributed by atoms with Gasteiger partial charge in [-0.2, -0.15) is 0 Å². The van der Waals surface area contributed by atoms with Crippen molar-refractivity contribution < 1.29 is 19.0 Å². The van der Waals surface area contributed by atoms with Gasteiger partial charge in [-0.1, -0.05) is 33.6 Å². The van der Waals surface area contributed by atoms with Gasteiger partial charge in [0.25, 0.3) is 0 Å². The SMILES string of the molecule is O=C(COCC1CC1)c1cc2c(ncn2CCN2CCC(O)C2)c(F)c1Cc1ccc(Br)cc1Cl. The third-order valence-electron chi connectivity index (χ3n) is 6.83. The number of likely N-dealkylation sites (tertiary alicyclic amines) is 1. The molecule has 9 heteroatoms. The number of hydrogen-bond acceptors (Lipinski definition) is 5. The molecule has 0 amide bonds. The number of benzene rings is 2. The minimum atomic E-state index is -0.498. The number of Topliss-reactive ketones (excluding diaryl/α,β-unsaturated/α-hetero) is 1. The van der Waals surface area contributed by atoms with Crippen LogP contribution in [0.2, 0.25) is 5.02 Å². The Kier molecular flexibility index (Phi) is 7.55. The van der Waals surface area contributed by atoms with Gasteiger partial charge in [-0.05, 0) is 48.9 Å². The summed E-state index contributed by atoms with van der Waals surface area (Å²) in [5, 5.41) is 10.3. The van der Waals surface area contributed by atoms with E-state index in [4.69, 9.17) is 16.3 Å². The van der Waals surface area contributed by atoms with Gasteiger partial charge in [0.2, 0.25) is 0 Å². The highest BCUT2D eigenvalue weighted by Crippen LogP contribution is 2.31. The Balaban J connectivity index is 1.46. The fourth-order valence-corrected chi connectivity index (χ4v) is 5.34. The molecule has 2 aliphatic rings. The van der Waals surface area contributed by atoms with Crippen LogP contribution in [-0.4, -0.2) is 64.3 Å². The van der Waals surface area contributed by atoms with E-state index in [-0.39, 0.29) is 36.0 Å². The van der Waals surface area contributed by atoms with Crippen molar-refractivity contribution in [1.82, 2.24) is 14.5 Å². The number of β-amino-alcohol motifs (C(OH)–C–C–N with tert-alkyl or cyclic N) is 1. The van der Waals surface area contributed by atoms with E-state index in [0.717, 1.165) is 35.8 Å². The van der Waals surface area contributed by atoms with Crippen molar-refractivity contribution in [3.05, 3.63) is 62.6 Å². The van der Waals surface area contributed by atoms with Crippen molar-refractivity contribution in [2.75, 3.05) is 32.8 Å². The summed E-state index contributed by atoms with van der Waals surface area (Å²) in [4.78, 5) is 19.8. The average Bonchev–Trinajstić information content (AvgIpc) is 3.41. The number of nitrogens with zero attached hydrogens (tertiary/aromatic N) is 3. The molecule has 5 rings (SSSR count). The highest BCUT2D eigenvalue weighted by Gasteiger charge is 2.25. The van der Waals surface area contributed by atoms with Gasteiger partial charge < -0.3 is 14.4 Å². The molecule has 2 heterocycles. The molecule has 2 fully saturated rings. The highest BCUT2D eigenvalue weighted by atomic mass is 79.9. The lowest BCUT2D eigenvalue weighted by Crippen LogP contribution is -2.26. The molecular weight excluding hydrogens is 537 g/mol. The summed E-state index contributed by atoms with van der Waals surface area (Å²) >= 11 is 9.82. The Bertz CT molecular complexity index is 1250. The number of fused-ring (bicyclic) bond motifs is 1. The normalized spacial score (nSPS) is 18.6. The van der Waals surface area contributed by atoms with E-state index in [2.05, 4.69) is 25.8 Å². The van der Waals surface area contributed by atoms with Crippen LogP contribution in [0, 0.1) is 11.7 Å². The standard InChI is InChI=1S/C26H28BrClFN3O3/c27-18-4-3-17(22(28)10-18)9-21-20(24(34)14-35-13-16-1-2-16)11-23-26(25(21)29)30-15-32(23)8-7-31-6-5-19(33)12-31/h3-4,10-11,15-16,19,33H,1-2,5-9,12-14H2. The minimum absolute atomic E-state index is 0.0810. The lowest BCUT2D eigenvalue weighted by Gasteiger charge is -2.16. The predicted molar refractivity (Wildman–Crippen MR) is 137 cm³/mol. The van der Waals surface area contributed by atoms with Crippen molar-refractivity contribution in [2.45, 2.75) is 38.3 Å². The van der Waals surface area contributed by atoms with Crippen LogP contribution in [0.4, 0.5) is 4.39 Å². The summed E-state index contributed by atoms with van der Waals surface area (Å²) in [5.74, 6) is -0.207. The quantitative estimate of drug-likeness (QED) is 0.356. The first-order valence-electron chi connectivity index (χ1n) is 12.0. The number of carbonyl (C=O) groups is 1. The Morgan fingerprint density at radius 3 is 2.80 bits per heavy atom. The molecule has 2 aromatic carbocycles. The maximum Gasteiger partial charge on any atom is 0.188 e. The molecule has 186 valence electrons. The summed E-state index contributed by atoms with van der Waals surface area (Å²) in [5.41, 5.74) is 2.15. The van der Waals surface area contributed by atoms with Gasteiger partial charge in [0.1, 0.15) is 12.1 Å². The molecule has 1 aliphatic heterocycles. The topological polar surface area (TPSA) is 67.6 Å². The Morgan fingerprint density at radius 2 is 2.09 bits per heavy atom. The second-order valence-corrected chi connectivity index (χ2v) is 10.9. The zero-order valence-corrected chi connectivity index (χ0v) is 21.7. The highest BCUT2D eigenvalue weighted by molar-refractivity contribution is 9.10. The van der Waals surface area contributed by atoms with Crippen molar-refractivity contribution in [2.24, 2.45) is 5.92 Å². The van der Waals surface area contributed by atoms with Crippen LogP contribution in [0.1, 0.15) is 40.7 Å². The Morgan fingerprint density at radius 1 is 1.26 bits per heavy atom. The third kappa shape index (κ3) is 5.78. The number of ether oxygens (including phenoxy) is 1. The first-order chi connectivity index (χ1) is 16.9. The van der Waals surface area contributed by atoms with E-state index in [0.29, 0.717) is 48.3 Å². The van der Waals surface area contributed by atoms with E-state index < -0.39 is 5.82 Å². The Labute approximate surface area is 217 Å². The zero-order valence-electron chi connectivity index (χ0n) is 19.4. The van der Waals surface area contributed by atoms with Crippen molar-refractivity contribution in [3.63, 3.8) is 0 Å². The molecule has 1 N–H and O–H groups in total. The molecular formula is C26H28BrClFN3O3. The van der Waals surface area contributed by atoms with Crippen LogP contribution in [0.15, 0.2) is 35.1 Å². The molecule has 0 bridgehead atoms. The second kappa shape index (κ2) is 10.6. The molecule has 6 nitrogen and oxygen atoms in total. The number of aliphatic hydroxyl groups excluding tert-OH is 1. The van der Waals surface area contributed by atoms with Crippen LogP contribution < -0.4 is 0 Å². The summed E-state index contributed by atoms with van der Waals surface area (Å²) in [7, 11) is 0. The number of carbonyl (C=O) groups excluding carboxylic acids is 1. The summed E-state index contributed by atoms with van der Waals surface area (Å²) in [6.45, 7) is 3.26. The fourth-order valence-electron chi connectivity index (χ4n) is 4.60. The molecule has 0 spiro atoms. The van der Waals surface area contributed by atoms with Gasteiger partial charge in [-0.25, -0.2) is 9.37 Å². The minimum Gasteiger partial charge on any atom is -0.392 e. The van der Waals surface area contributed by atoms with Crippen LogP contribution in [0.25, 0.3) is 11.0 Å². The average molecular weight is 565 g/mol. The second-order valence-electron chi connectivity index (χ2n) is 9.56. The summed E-state index contributed by atoms with van der Waals surface area (Å²) in [6.07, 6.45) is 4.54. The molecule has 1 aliphatic carbocycles. The third-order valence-corrected chi connectivity index (χ3v) is 7.67. The van der Waals surface area contributed by atoms with Crippen LogP contribution in [-0.2, 0) is 17.7 Å². The van der Waals surface area contributed by atoms with Crippen molar-refractivity contribution >= 4 is 44.3 Å². The fraction of sp³-hybridized carbons (Fsp3) is 0.462. The zero-order chi connectivity index (χ0) is 24.5. The van der Waals surface area contributed by atoms with E-state index in [1.807, 2.05) is 16.7 Å². The van der Waals surface area contributed by atoms with Gasteiger partial charge >= 0.3 is 0 Å². The predicted octanol–water partition coefficient (Wildman–Crippen LogP) is 4.86. The molecule has 1 saturated heterocycles. The van der Waals surface area contributed by atoms with Crippen molar-refractivity contribution in [1.29, 1.82) is 0 Å². The molecule has 1 unspecified atom stereocenters. The first kappa shape index (κ1) is 24.8. The molecule has 3 aromatic rings. The molecule has 1 aromatic heterocycles. The maximum atomic E-state index is 15.9. The van der Waals surface area contributed by atoms with Crippen LogP contribution in [0.3, 0.4) is 0 Å². The summed E-state index contributed by atoms with van der Waals surface area (Å²) in [6, 6.07) is 7.19. The van der Waals surface area contributed by atoms with E-state index >= 15 is 4.39 Å². The van der Waals surface area contributed by atoms with Crippen LogP contribution in [0.5, 0.6) is 0 Å². The number of ketones is 1. The van der Waals surface area contributed by atoms with Gasteiger partial charge in [0, 0.05) is 53.2 Å². The molecule has 0 radical (unpaired) electrons. The van der Waals surface area contributed by atoms with Gasteiger partial charge in [-0.3, -0.25) is 9.69 Å². The van der Waals surface area contributed by atoms with E-state index in [1.165, 1.54) is 0 Å². The van der Waals surface area contributed by atoms with Gasteiger partial charge in [-0.15, -0.1) is 0 Å². The number of aromatic nitrogens is 2. The monoisotopic (exact) mass is 563 g/mol. The first-order valence-corrected chi connectivity index (χ1v) is 13.2. The molecule has 1 atom stereocenters. The maximum absolute atomic E-state index is 15.9. The lowest BCUT2D eigenvalue weighted by atomic mass is 9.95. The number of hydrogen-bond donors (Lipinski definition) is 1. The lowest BCUT2D eigenvalue weighted by molar-refractivity contribution is 0.0738. The van der Waals surface area contributed by atoms with E-state index in [1.54, 1.807) is 18.5 Å². The van der Waals surface area contributed by atoms with Gasteiger partial charge in [0.15, 0.2) is 11.6 Å². The number of halogens is 3. The largest absolute Gasteiger partial charge is 0.392 e. The molecule has 1 saturated carbocycles. The number of rotatable bonds is 10. The Hall–Kier alpha value is -1.84.